The molecular formula is C13H22ClN3O. The Labute approximate surface area is 114 Å². The molecule has 102 valence electrons. The molecule has 2 heterocycles. The summed E-state index contributed by atoms with van der Waals surface area (Å²) in [6.07, 6.45) is 3.28. The monoisotopic (exact) mass is 271 g/mol. The molecule has 0 aliphatic carbocycles. The van der Waals surface area contributed by atoms with Gasteiger partial charge in [0.2, 0.25) is 0 Å². The lowest BCUT2D eigenvalue weighted by Crippen LogP contribution is -2.29. The van der Waals surface area contributed by atoms with E-state index in [0.29, 0.717) is 12.5 Å². The van der Waals surface area contributed by atoms with Crippen LogP contribution in [0.15, 0.2) is 0 Å². The summed E-state index contributed by atoms with van der Waals surface area (Å²) in [5.74, 6) is 0.684. The Morgan fingerprint density at radius 1 is 1.44 bits per heavy atom. The summed E-state index contributed by atoms with van der Waals surface area (Å²) < 4.78 is 7.64. The summed E-state index contributed by atoms with van der Waals surface area (Å²) in [4.78, 5) is 0. The average Bonchev–Trinajstić information content (AvgIpc) is 2.67. The van der Waals surface area contributed by atoms with Gasteiger partial charge in [-0.25, -0.2) is 0 Å². The first kappa shape index (κ1) is 13.8. The summed E-state index contributed by atoms with van der Waals surface area (Å²) in [6, 6.07) is 0. The predicted octanol–water partition coefficient (Wildman–Crippen LogP) is 2.15. The maximum atomic E-state index is 6.28. The van der Waals surface area contributed by atoms with Gasteiger partial charge in [0.15, 0.2) is 0 Å². The van der Waals surface area contributed by atoms with E-state index < -0.39 is 0 Å². The van der Waals surface area contributed by atoms with Crippen LogP contribution in [0, 0.1) is 5.92 Å². The summed E-state index contributed by atoms with van der Waals surface area (Å²) in [5, 5.41) is 8.52. The molecule has 5 heteroatoms. The zero-order valence-corrected chi connectivity index (χ0v) is 12.0. The third-order valence-corrected chi connectivity index (χ3v) is 3.99. The Bertz CT molecular complexity index is 386. The van der Waals surface area contributed by atoms with Crippen LogP contribution in [0.25, 0.3) is 0 Å². The SMILES string of the molecule is CCc1nn(C)c(COCC2CCNCC2)c1Cl. The molecule has 2 rings (SSSR count). The quantitative estimate of drug-likeness (QED) is 0.892. The normalized spacial score (nSPS) is 17.3. The molecule has 1 aliphatic heterocycles. The second-order valence-electron chi connectivity index (χ2n) is 4.89. The van der Waals surface area contributed by atoms with E-state index in [4.69, 9.17) is 16.3 Å². The number of rotatable bonds is 5. The molecule has 0 bridgehead atoms. The third kappa shape index (κ3) is 3.25. The highest BCUT2D eigenvalue weighted by Gasteiger charge is 2.16. The first-order valence-electron chi connectivity index (χ1n) is 6.71. The second kappa shape index (κ2) is 6.55. The highest BCUT2D eigenvalue weighted by molar-refractivity contribution is 6.31. The molecule has 1 aromatic rings. The van der Waals surface area contributed by atoms with Gasteiger partial charge in [-0.15, -0.1) is 0 Å². The van der Waals surface area contributed by atoms with Crippen LogP contribution in [-0.2, 0) is 24.8 Å². The fourth-order valence-corrected chi connectivity index (χ4v) is 2.70. The molecule has 0 atom stereocenters. The van der Waals surface area contributed by atoms with Crippen molar-refractivity contribution < 1.29 is 4.74 Å². The van der Waals surface area contributed by atoms with Crippen LogP contribution in [-0.4, -0.2) is 29.5 Å². The van der Waals surface area contributed by atoms with Gasteiger partial charge < -0.3 is 10.1 Å². The number of halogens is 1. The predicted molar refractivity (Wildman–Crippen MR) is 72.8 cm³/mol. The van der Waals surface area contributed by atoms with E-state index in [1.54, 1.807) is 0 Å². The highest BCUT2D eigenvalue weighted by atomic mass is 35.5. The van der Waals surface area contributed by atoms with Gasteiger partial charge in [0, 0.05) is 7.05 Å². The Balaban J connectivity index is 1.84. The van der Waals surface area contributed by atoms with Gasteiger partial charge in [-0.05, 0) is 38.3 Å². The van der Waals surface area contributed by atoms with E-state index >= 15 is 0 Å². The van der Waals surface area contributed by atoms with Gasteiger partial charge in [0.05, 0.1) is 29.6 Å². The maximum absolute atomic E-state index is 6.28. The van der Waals surface area contributed by atoms with E-state index in [1.807, 2.05) is 11.7 Å². The minimum atomic E-state index is 0.562. The van der Waals surface area contributed by atoms with Crippen LogP contribution in [0.3, 0.4) is 0 Å². The van der Waals surface area contributed by atoms with Crippen molar-refractivity contribution in [1.82, 2.24) is 15.1 Å². The van der Waals surface area contributed by atoms with Crippen LogP contribution >= 0.6 is 11.6 Å². The summed E-state index contributed by atoms with van der Waals surface area (Å²) in [7, 11) is 1.92. The number of nitrogens with zero attached hydrogens (tertiary/aromatic N) is 2. The Hall–Kier alpha value is -0.580. The van der Waals surface area contributed by atoms with Gasteiger partial charge in [-0.3, -0.25) is 4.68 Å². The van der Waals surface area contributed by atoms with Crippen LogP contribution < -0.4 is 5.32 Å². The number of piperidine rings is 1. The molecule has 0 spiro atoms. The van der Waals surface area contributed by atoms with Crippen molar-refractivity contribution in [2.75, 3.05) is 19.7 Å². The van der Waals surface area contributed by atoms with E-state index in [0.717, 1.165) is 42.5 Å². The molecule has 1 aliphatic rings. The number of aromatic nitrogens is 2. The fourth-order valence-electron chi connectivity index (χ4n) is 2.35. The van der Waals surface area contributed by atoms with Crippen molar-refractivity contribution in [2.24, 2.45) is 13.0 Å². The molecule has 1 aromatic heterocycles. The van der Waals surface area contributed by atoms with Crippen molar-refractivity contribution in [3.8, 4) is 0 Å². The highest BCUT2D eigenvalue weighted by Crippen LogP contribution is 2.22. The molecule has 0 amide bonds. The maximum Gasteiger partial charge on any atom is 0.0900 e. The van der Waals surface area contributed by atoms with Crippen molar-refractivity contribution in [3.05, 3.63) is 16.4 Å². The number of ether oxygens (including phenoxy) is 1. The molecule has 1 saturated heterocycles. The molecule has 0 saturated carbocycles. The summed E-state index contributed by atoms with van der Waals surface area (Å²) in [6.45, 7) is 5.67. The minimum Gasteiger partial charge on any atom is -0.375 e. The third-order valence-electron chi connectivity index (χ3n) is 3.55. The smallest absolute Gasteiger partial charge is 0.0900 e. The largest absolute Gasteiger partial charge is 0.375 e. The topological polar surface area (TPSA) is 39.1 Å². The lowest BCUT2D eigenvalue weighted by molar-refractivity contribution is 0.0727. The van der Waals surface area contributed by atoms with E-state index in [-0.39, 0.29) is 0 Å². The second-order valence-corrected chi connectivity index (χ2v) is 5.27. The molecule has 0 aromatic carbocycles. The lowest BCUT2D eigenvalue weighted by Gasteiger charge is -2.22. The van der Waals surface area contributed by atoms with Gasteiger partial charge in [-0.2, -0.15) is 5.10 Å². The Morgan fingerprint density at radius 2 is 2.17 bits per heavy atom. The Morgan fingerprint density at radius 3 is 2.78 bits per heavy atom. The van der Waals surface area contributed by atoms with E-state index in [2.05, 4.69) is 17.3 Å². The Kier molecular flexibility index (Phi) is 5.03. The number of hydrogen-bond acceptors (Lipinski definition) is 3. The van der Waals surface area contributed by atoms with Crippen molar-refractivity contribution >= 4 is 11.6 Å². The van der Waals surface area contributed by atoms with Crippen molar-refractivity contribution in [2.45, 2.75) is 32.8 Å². The molecule has 0 radical (unpaired) electrons. The number of nitrogens with one attached hydrogen (secondary N) is 1. The molecule has 18 heavy (non-hydrogen) atoms. The lowest BCUT2D eigenvalue weighted by atomic mass is 9.99. The standard InChI is InChI=1S/C13H22ClN3O/c1-3-11-13(14)12(17(2)16-11)9-18-8-10-4-6-15-7-5-10/h10,15H,3-9H2,1-2H3. The molecule has 4 nitrogen and oxygen atoms in total. The molecule has 0 unspecified atom stereocenters. The molecule has 1 fully saturated rings. The minimum absolute atomic E-state index is 0.562. The van der Waals surface area contributed by atoms with Crippen LogP contribution in [0.5, 0.6) is 0 Å². The summed E-state index contributed by atoms with van der Waals surface area (Å²) in [5.41, 5.74) is 1.95. The summed E-state index contributed by atoms with van der Waals surface area (Å²) >= 11 is 6.28. The number of hydrogen-bond donors (Lipinski definition) is 1. The fraction of sp³-hybridized carbons (Fsp3) is 0.769. The van der Waals surface area contributed by atoms with E-state index in [1.165, 1.54) is 12.8 Å². The van der Waals surface area contributed by atoms with Crippen molar-refractivity contribution in [1.29, 1.82) is 0 Å². The van der Waals surface area contributed by atoms with Gasteiger partial charge in [0.1, 0.15) is 0 Å². The van der Waals surface area contributed by atoms with Crippen LogP contribution in [0.2, 0.25) is 5.02 Å². The average molecular weight is 272 g/mol. The van der Waals surface area contributed by atoms with Gasteiger partial charge >= 0.3 is 0 Å². The van der Waals surface area contributed by atoms with Crippen LogP contribution in [0.1, 0.15) is 31.2 Å². The first-order valence-corrected chi connectivity index (χ1v) is 7.08. The van der Waals surface area contributed by atoms with E-state index in [9.17, 15) is 0 Å². The zero-order valence-electron chi connectivity index (χ0n) is 11.2. The number of aryl methyl sites for hydroxylation is 2. The molecule has 1 N–H and O–H groups in total. The zero-order chi connectivity index (χ0) is 13.0. The van der Waals surface area contributed by atoms with Gasteiger partial charge in [0.25, 0.3) is 0 Å². The molecular weight excluding hydrogens is 250 g/mol. The first-order chi connectivity index (χ1) is 8.72. The van der Waals surface area contributed by atoms with Crippen molar-refractivity contribution in [3.63, 3.8) is 0 Å². The van der Waals surface area contributed by atoms with Crippen LogP contribution in [0.4, 0.5) is 0 Å². The van der Waals surface area contributed by atoms with Gasteiger partial charge in [-0.1, -0.05) is 18.5 Å².